The molecule has 4 nitrogen and oxygen atoms in total. The normalized spacial score (nSPS) is 12.3. The smallest absolute Gasteiger partial charge is 0.137 e. The van der Waals surface area contributed by atoms with E-state index in [-0.39, 0.29) is 0 Å². The Labute approximate surface area is 291 Å². The number of nitrogens with zero attached hydrogens (tertiary/aromatic N) is 3. The van der Waals surface area contributed by atoms with E-state index in [1.807, 2.05) is 12.1 Å². The van der Waals surface area contributed by atoms with Crippen molar-refractivity contribution in [2.75, 3.05) is 0 Å². The first-order chi connectivity index (χ1) is 25.3. The van der Waals surface area contributed by atoms with Crippen LogP contribution in [0.5, 0.6) is 0 Å². The molecule has 5 heterocycles. The van der Waals surface area contributed by atoms with Crippen molar-refractivity contribution in [1.29, 1.82) is 0 Å². The Bertz CT molecular complexity index is 3220. The molecule has 12 aromatic rings. The maximum atomic E-state index is 6.57. The summed E-state index contributed by atoms with van der Waals surface area (Å²) < 4.78 is 11.5. The van der Waals surface area contributed by atoms with Crippen LogP contribution in [0.4, 0.5) is 0 Å². The molecule has 0 saturated heterocycles. The van der Waals surface area contributed by atoms with Gasteiger partial charge in [-0.05, 0) is 77.9 Å². The zero-order valence-electron chi connectivity index (χ0n) is 27.3. The number of hydrogen-bond acceptors (Lipinski definition) is 2. The number of aromatic nitrogens is 3. The van der Waals surface area contributed by atoms with Gasteiger partial charge < -0.3 is 13.4 Å². The average Bonchev–Trinajstić information content (AvgIpc) is 3.83. The van der Waals surface area contributed by atoms with Crippen LogP contribution in [-0.2, 0) is 0 Å². The van der Waals surface area contributed by atoms with Crippen molar-refractivity contribution < 1.29 is 4.42 Å². The number of rotatable bonds is 4. The van der Waals surface area contributed by atoms with Crippen LogP contribution in [0.25, 0.3) is 110 Å². The van der Waals surface area contributed by atoms with Crippen molar-refractivity contribution in [3.05, 3.63) is 164 Å². The lowest BCUT2D eigenvalue weighted by molar-refractivity contribution is 0.669. The SMILES string of the molecule is c1ccc(-c2cc(-c3ccc(-n4c5ccc6oc7ccc8c9ccccc9n9c%10cccc4c%10c5c6c7c89)cc3)cc(-c3ccccc3)n2)cc1. The summed E-state index contributed by atoms with van der Waals surface area (Å²) in [5.41, 5.74) is 15.4. The molecule has 0 fully saturated rings. The lowest BCUT2D eigenvalue weighted by Gasteiger charge is -2.12. The van der Waals surface area contributed by atoms with Gasteiger partial charge in [0.25, 0.3) is 0 Å². The lowest BCUT2D eigenvalue weighted by atomic mass is 10.00. The minimum Gasteiger partial charge on any atom is -0.456 e. The van der Waals surface area contributed by atoms with Crippen molar-refractivity contribution in [3.8, 4) is 39.3 Å². The van der Waals surface area contributed by atoms with E-state index in [1.165, 1.54) is 59.9 Å². The quantitative estimate of drug-likeness (QED) is 0.190. The number of hydrogen-bond donors (Lipinski definition) is 0. The van der Waals surface area contributed by atoms with Gasteiger partial charge in [0, 0.05) is 43.7 Å². The van der Waals surface area contributed by atoms with E-state index < -0.39 is 0 Å². The van der Waals surface area contributed by atoms with Gasteiger partial charge in [-0.15, -0.1) is 0 Å². The fraction of sp³-hybridized carbons (Fsp3) is 0. The molecular weight excluding hydrogens is 623 g/mol. The summed E-state index contributed by atoms with van der Waals surface area (Å²) in [5, 5.41) is 7.39. The van der Waals surface area contributed by atoms with Gasteiger partial charge in [0.1, 0.15) is 11.2 Å². The first-order valence-electron chi connectivity index (χ1n) is 17.4. The molecule has 12 rings (SSSR count). The standard InChI is InChI=1S/C47H27N3O/c1-3-10-29(11-4-1)35-26-31(27-36(48-35)30-12-5-2-6-13-30)28-18-20-32(21-19-28)49-38-16-9-17-39-43(38)44-40(49)23-25-41-45(44)46-42(51-41)24-22-34-33-14-7-8-15-37(33)50(39)47(34)46/h1-27H. The molecule has 0 spiro atoms. The highest BCUT2D eigenvalue weighted by Gasteiger charge is 2.26. The molecule has 7 aromatic carbocycles. The van der Waals surface area contributed by atoms with E-state index in [4.69, 9.17) is 9.40 Å². The molecule has 51 heavy (non-hydrogen) atoms. The van der Waals surface area contributed by atoms with Gasteiger partial charge in [0.15, 0.2) is 0 Å². The van der Waals surface area contributed by atoms with Crippen LogP contribution in [0, 0.1) is 0 Å². The molecular formula is C47H27N3O. The van der Waals surface area contributed by atoms with E-state index in [9.17, 15) is 0 Å². The second kappa shape index (κ2) is 9.84. The second-order valence-corrected chi connectivity index (χ2v) is 13.5. The minimum atomic E-state index is 0.925. The van der Waals surface area contributed by atoms with Crippen LogP contribution in [0.1, 0.15) is 0 Å². The summed E-state index contributed by atoms with van der Waals surface area (Å²) in [6.45, 7) is 0. The van der Waals surface area contributed by atoms with E-state index in [2.05, 4.69) is 161 Å². The molecule has 0 aliphatic heterocycles. The van der Waals surface area contributed by atoms with Gasteiger partial charge in [-0.25, -0.2) is 4.98 Å². The van der Waals surface area contributed by atoms with Crippen molar-refractivity contribution >= 4 is 71.1 Å². The molecule has 0 amide bonds. The van der Waals surface area contributed by atoms with Crippen LogP contribution in [0.15, 0.2) is 168 Å². The molecule has 0 saturated carbocycles. The average molecular weight is 650 g/mol. The number of pyridine rings is 1. The molecule has 236 valence electrons. The Hall–Kier alpha value is -6.91. The highest BCUT2D eigenvalue weighted by Crippen LogP contribution is 2.48. The maximum Gasteiger partial charge on any atom is 0.137 e. The largest absolute Gasteiger partial charge is 0.456 e. The summed E-state index contributed by atoms with van der Waals surface area (Å²) in [6.07, 6.45) is 0. The Morgan fingerprint density at radius 1 is 0.392 bits per heavy atom. The third-order valence-electron chi connectivity index (χ3n) is 10.8. The van der Waals surface area contributed by atoms with E-state index in [0.29, 0.717) is 0 Å². The predicted octanol–water partition coefficient (Wildman–Crippen LogP) is 12.5. The van der Waals surface area contributed by atoms with Gasteiger partial charge >= 0.3 is 0 Å². The van der Waals surface area contributed by atoms with Crippen LogP contribution in [0.2, 0.25) is 0 Å². The lowest BCUT2D eigenvalue weighted by Crippen LogP contribution is -1.95. The number of benzene rings is 7. The summed E-state index contributed by atoms with van der Waals surface area (Å²) in [4.78, 5) is 5.10. The van der Waals surface area contributed by atoms with Crippen molar-refractivity contribution in [3.63, 3.8) is 0 Å². The van der Waals surface area contributed by atoms with Gasteiger partial charge in [-0.3, -0.25) is 0 Å². The Morgan fingerprint density at radius 2 is 1.02 bits per heavy atom. The summed E-state index contributed by atoms with van der Waals surface area (Å²) in [6, 6.07) is 58.5. The van der Waals surface area contributed by atoms with Crippen LogP contribution in [0.3, 0.4) is 0 Å². The first-order valence-corrected chi connectivity index (χ1v) is 17.4. The van der Waals surface area contributed by atoms with Crippen LogP contribution in [-0.4, -0.2) is 14.0 Å². The zero-order valence-corrected chi connectivity index (χ0v) is 27.3. The summed E-state index contributed by atoms with van der Waals surface area (Å²) in [5.74, 6) is 0. The fourth-order valence-electron chi connectivity index (χ4n) is 8.66. The highest BCUT2D eigenvalue weighted by atomic mass is 16.3. The monoisotopic (exact) mass is 649 g/mol. The first kappa shape index (κ1) is 27.0. The highest BCUT2D eigenvalue weighted by molar-refractivity contribution is 6.37. The molecule has 0 radical (unpaired) electrons. The number of para-hydroxylation sites is 1. The molecule has 0 aliphatic carbocycles. The molecule has 0 unspecified atom stereocenters. The second-order valence-electron chi connectivity index (χ2n) is 13.5. The van der Waals surface area contributed by atoms with E-state index in [1.54, 1.807) is 0 Å². The third-order valence-corrected chi connectivity index (χ3v) is 10.8. The Kier molecular flexibility index (Phi) is 5.20. The molecule has 0 bridgehead atoms. The summed E-state index contributed by atoms with van der Waals surface area (Å²) >= 11 is 0. The Balaban J connectivity index is 1.11. The molecule has 0 atom stereocenters. The van der Waals surface area contributed by atoms with Crippen molar-refractivity contribution in [1.82, 2.24) is 14.0 Å². The fourth-order valence-corrected chi connectivity index (χ4v) is 8.66. The third kappa shape index (κ3) is 3.60. The van der Waals surface area contributed by atoms with E-state index >= 15 is 0 Å². The molecule has 5 aromatic heterocycles. The summed E-state index contributed by atoms with van der Waals surface area (Å²) in [7, 11) is 0. The van der Waals surface area contributed by atoms with Gasteiger partial charge in [-0.1, -0.05) is 97.1 Å². The predicted molar refractivity (Wildman–Crippen MR) is 211 cm³/mol. The minimum absolute atomic E-state index is 0.925. The van der Waals surface area contributed by atoms with Gasteiger partial charge in [0.2, 0.25) is 0 Å². The van der Waals surface area contributed by atoms with Crippen molar-refractivity contribution in [2.45, 2.75) is 0 Å². The maximum absolute atomic E-state index is 6.57. The zero-order chi connectivity index (χ0) is 33.2. The van der Waals surface area contributed by atoms with Crippen LogP contribution < -0.4 is 0 Å². The molecule has 0 aliphatic rings. The number of furan rings is 1. The van der Waals surface area contributed by atoms with Crippen LogP contribution >= 0.6 is 0 Å². The van der Waals surface area contributed by atoms with E-state index in [0.717, 1.165) is 50.5 Å². The number of fused-ring (bicyclic) bond motifs is 4. The van der Waals surface area contributed by atoms with Gasteiger partial charge in [-0.2, -0.15) is 0 Å². The molecule has 4 heteroatoms. The van der Waals surface area contributed by atoms with Gasteiger partial charge in [0.05, 0.1) is 44.4 Å². The Morgan fingerprint density at radius 3 is 1.78 bits per heavy atom. The van der Waals surface area contributed by atoms with Crippen molar-refractivity contribution in [2.24, 2.45) is 0 Å². The topological polar surface area (TPSA) is 35.4 Å². The molecule has 0 N–H and O–H groups in total.